The van der Waals surface area contributed by atoms with Gasteiger partial charge in [0.2, 0.25) is 0 Å². The monoisotopic (exact) mass is 662 g/mol. The molecule has 0 unspecified atom stereocenters. The van der Waals surface area contributed by atoms with Gasteiger partial charge in [-0.1, -0.05) is 50.7 Å². The van der Waals surface area contributed by atoms with Gasteiger partial charge < -0.3 is 9.47 Å². The van der Waals surface area contributed by atoms with Crippen LogP contribution in [0.4, 0.5) is 4.39 Å². The molecule has 0 spiro atoms. The second kappa shape index (κ2) is 13.5. The fraction of sp³-hybridized carbons (Fsp3) is 0.484. The molecule has 3 aliphatic rings. The first-order chi connectivity index (χ1) is 19.0. The van der Waals surface area contributed by atoms with Crippen molar-refractivity contribution in [3.8, 4) is 11.5 Å². The van der Waals surface area contributed by atoms with Crippen molar-refractivity contribution in [2.24, 2.45) is 4.99 Å². The van der Waals surface area contributed by atoms with E-state index < -0.39 is 0 Å². The zero-order valence-electron chi connectivity index (χ0n) is 22.5. The van der Waals surface area contributed by atoms with E-state index in [2.05, 4.69) is 22.6 Å². The number of amidine groups is 1. The Morgan fingerprint density at radius 2 is 1.72 bits per heavy atom. The molecular formula is C31H36FIN2O3S. The molecule has 1 amide bonds. The van der Waals surface area contributed by atoms with Gasteiger partial charge in [-0.15, -0.1) is 0 Å². The average Bonchev–Trinajstić information content (AvgIpc) is 3.24. The first kappa shape index (κ1) is 28.5. The van der Waals surface area contributed by atoms with Crippen LogP contribution in [0, 0.1) is 9.39 Å². The van der Waals surface area contributed by atoms with Gasteiger partial charge in [-0.3, -0.25) is 14.7 Å². The Kier molecular flexibility index (Phi) is 9.87. The molecule has 2 aliphatic carbocycles. The van der Waals surface area contributed by atoms with Crippen molar-refractivity contribution < 1.29 is 18.7 Å². The van der Waals surface area contributed by atoms with Gasteiger partial charge in [-0.2, -0.15) is 0 Å². The molecule has 1 aliphatic heterocycles. The number of benzene rings is 2. The minimum atomic E-state index is -0.269. The van der Waals surface area contributed by atoms with Crippen LogP contribution in [0.3, 0.4) is 0 Å². The van der Waals surface area contributed by atoms with Crippen molar-refractivity contribution in [2.45, 2.75) is 89.8 Å². The molecule has 5 rings (SSSR count). The summed E-state index contributed by atoms with van der Waals surface area (Å²) in [6.07, 6.45) is 13.6. The summed E-state index contributed by atoms with van der Waals surface area (Å²) in [7, 11) is 0. The number of halogens is 2. The van der Waals surface area contributed by atoms with E-state index >= 15 is 0 Å². The molecular weight excluding hydrogens is 626 g/mol. The summed E-state index contributed by atoms with van der Waals surface area (Å²) in [4.78, 5) is 21.7. The first-order valence-corrected chi connectivity index (χ1v) is 16.1. The van der Waals surface area contributed by atoms with Crippen LogP contribution < -0.4 is 9.47 Å². The zero-order valence-corrected chi connectivity index (χ0v) is 25.4. The third-order valence-electron chi connectivity index (χ3n) is 7.57. The highest BCUT2D eigenvalue weighted by Gasteiger charge is 2.39. The van der Waals surface area contributed by atoms with Crippen LogP contribution in [0.25, 0.3) is 6.08 Å². The number of thioether (sulfide) groups is 1. The van der Waals surface area contributed by atoms with Crippen LogP contribution in [-0.4, -0.2) is 34.7 Å². The molecule has 0 radical (unpaired) electrons. The van der Waals surface area contributed by atoms with Crippen molar-refractivity contribution in [1.82, 2.24) is 4.90 Å². The Hall–Kier alpha value is -2.07. The maximum Gasteiger partial charge on any atom is 0.266 e. The standard InChI is InChI=1S/C31H36FIN2O3S/c1-2-37-27-18-22(17-26(33)29(27)38-20-21-13-15-23(32)16-14-21)19-28-30(36)35(25-11-7-4-8-12-25)31(39-28)34-24-9-5-3-6-10-24/h13-19,24-25H,2-12,20H2,1H3. The number of hydrogen-bond donors (Lipinski definition) is 0. The number of rotatable bonds is 8. The molecule has 39 heavy (non-hydrogen) atoms. The van der Waals surface area contributed by atoms with E-state index in [0.717, 1.165) is 45.5 Å². The lowest BCUT2D eigenvalue weighted by Crippen LogP contribution is -2.41. The maximum atomic E-state index is 13.8. The highest BCUT2D eigenvalue weighted by Crippen LogP contribution is 2.40. The van der Waals surface area contributed by atoms with E-state index in [1.807, 2.05) is 30.0 Å². The van der Waals surface area contributed by atoms with E-state index in [9.17, 15) is 9.18 Å². The first-order valence-electron chi connectivity index (χ1n) is 14.2. The zero-order chi connectivity index (χ0) is 27.2. The lowest BCUT2D eigenvalue weighted by Gasteiger charge is -2.31. The highest BCUT2D eigenvalue weighted by atomic mass is 127. The van der Waals surface area contributed by atoms with Gasteiger partial charge in [0.05, 0.1) is 21.1 Å². The van der Waals surface area contributed by atoms with Crippen LogP contribution in [0.1, 0.15) is 82.3 Å². The fourth-order valence-corrected chi connectivity index (χ4v) is 7.46. The van der Waals surface area contributed by atoms with Crippen LogP contribution in [0.5, 0.6) is 11.5 Å². The molecule has 2 aromatic rings. The summed E-state index contributed by atoms with van der Waals surface area (Å²) in [6, 6.07) is 10.8. The molecule has 208 valence electrons. The number of carbonyl (C=O) groups is 1. The predicted molar refractivity (Wildman–Crippen MR) is 165 cm³/mol. The SMILES string of the molecule is CCOc1cc(C=C2SC(=NC3CCCCC3)N(C3CCCCC3)C2=O)cc(I)c1OCc1ccc(F)cc1. The Balaban J connectivity index is 1.41. The molecule has 2 saturated carbocycles. The summed E-state index contributed by atoms with van der Waals surface area (Å²) in [6.45, 7) is 2.74. The summed E-state index contributed by atoms with van der Waals surface area (Å²) in [5.74, 6) is 1.09. The van der Waals surface area contributed by atoms with Gasteiger partial charge in [0.1, 0.15) is 12.4 Å². The molecule has 2 aromatic carbocycles. The average molecular weight is 663 g/mol. The minimum absolute atomic E-state index is 0.0751. The third-order valence-corrected chi connectivity index (χ3v) is 9.37. The summed E-state index contributed by atoms with van der Waals surface area (Å²) < 4.78 is 26.2. The predicted octanol–water partition coefficient (Wildman–Crippen LogP) is 8.35. The van der Waals surface area contributed by atoms with E-state index in [1.165, 1.54) is 62.4 Å². The van der Waals surface area contributed by atoms with Crippen molar-refractivity contribution >= 4 is 51.5 Å². The van der Waals surface area contributed by atoms with E-state index in [0.29, 0.717) is 35.7 Å². The molecule has 0 N–H and O–H groups in total. The summed E-state index contributed by atoms with van der Waals surface area (Å²) in [5, 5.41) is 0.893. The molecule has 1 heterocycles. The van der Waals surface area contributed by atoms with E-state index in [4.69, 9.17) is 14.5 Å². The maximum absolute atomic E-state index is 13.8. The van der Waals surface area contributed by atoms with Gasteiger partial charge in [-0.25, -0.2) is 4.39 Å². The molecule has 8 heteroatoms. The number of aliphatic imine (C=N–C) groups is 1. The van der Waals surface area contributed by atoms with Gasteiger partial charge in [0.25, 0.3) is 5.91 Å². The Morgan fingerprint density at radius 3 is 2.41 bits per heavy atom. The smallest absolute Gasteiger partial charge is 0.266 e. The lowest BCUT2D eigenvalue weighted by molar-refractivity contribution is -0.124. The van der Waals surface area contributed by atoms with Crippen molar-refractivity contribution in [3.63, 3.8) is 0 Å². The normalized spacial score (nSPS) is 21.2. The van der Waals surface area contributed by atoms with Crippen molar-refractivity contribution in [3.05, 3.63) is 61.8 Å². The molecule has 3 fully saturated rings. The number of hydrogen-bond acceptors (Lipinski definition) is 5. The molecule has 1 saturated heterocycles. The number of carbonyl (C=O) groups excluding carboxylic acids is 1. The Morgan fingerprint density at radius 1 is 1.03 bits per heavy atom. The van der Waals surface area contributed by atoms with E-state index in [1.54, 1.807) is 12.1 Å². The Labute approximate surface area is 248 Å². The van der Waals surface area contributed by atoms with Crippen molar-refractivity contribution in [2.75, 3.05) is 6.61 Å². The third kappa shape index (κ3) is 7.17. The fourth-order valence-electron chi connectivity index (χ4n) is 5.57. The molecule has 0 atom stereocenters. The number of ether oxygens (including phenoxy) is 2. The molecule has 5 nitrogen and oxygen atoms in total. The molecule has 0 aromatic heterocycles. The van der Waals surface area contributed by atoms with Gasteiger partial charge >= 0.3 is 0 Å². The molecule has 0 bridgehead atoms. The largest absolute Gasteiger partial charge is 0.490 e. The van der Waals surface area contributed by atoms with Gasteiger partial charge in [-0.05, 0) is 108 Å². The second-order valence-electron chi connectivity index (χ2n) is 10.5. The van der Waals surface area contributed by atoms with E-state index in [-0.39, 0.29) is 17.8 Å². The van der Waals surface area contributed by atoms with Gasteiger partial charge in [0, 0.05) is 6.04 Å². The quantitative estimate of drug-likeness (QED) is 0.211. The summed E-state index contributed by atoms with van der Waals surface area (Å²) >= 11 is 3.78. The van der Waals surface area contributed by atoms with Crippen molar-refractivity contribution in [1.29, 1.82) is 0 Å². The summed E-state index contributed by atoms with van der Waals surface area (Å²) in [5.41, 5.74) is 1.77. The second-order valence-corrected chi connectivity index (χ2v) is 12.6. The number of amides is 1. The van der Waals surface area contributed by atoms with Crippen LogP contribution in [0.15, 0.2) is 46.3 Å². The highest BCUT2D eigenvalue weighted by molar-refractivity contribution is 14.1. The minimum Gasteiger partial charge on any atom is -0.490 e. The van der Waals surface area contributed by atoms with Crippen LogP contribution in [-0.2, 0) is 11.4 Å². The topological polar surface area (TPSA) is 51.1 Å². The lowest BCUT2D eigenvalue weighted by atomic mass is 9.94. The van der Waals surface area contributed by atoms with Gasteiger partial charge in [0.15, 0.2) is 16.7 Å². The number of nitrogens with zero attached hydrogens (tertiary/aromatic N) is 2. The Bertz CT molecular complexity index is 1220. The van der Waals surface area contributed by atoms with Crippen LogP contribution in [0.2, 0.25) is 0 Å². The van der Waals surface area contributed by atoms with Crippen LogP contribution >= 0.6 is 34.4 Å².